The van der Waals surface area contributed by atoms with E-state index in [2.05, 4.69) is 0 Å². The Morgan fingerprint density at radius 1 is 1.40 bits per heavy atom. The molecule has 1 aromatic rings. The van der Waals surface area contributed by atoms with Crippen molar-refractivity contribution in [1.29, 1.82) is 0 Å². The molecule has 7 heteroatoms. The number of nitrogens with two attached hydrogens (primary N) is 1. The van der Waals surface area contributed by atoms with Crippen LogP contribution in [-0.4, -0.2) is 43.6 Å². The monoisotopic (exact) mass is 298 g/mol. The number of nitrogens with zero attached hydrogens (tertiary/aromatic N) is 1. The number of aliphatic carboxylic acids is 1. The largest absolute Gasteiger partial charge is 0.481 e. The highest BCUT2D eigenvalue weighted by atomic mass is 32.2. The smallest absolute Gasteiger partial charge is 0.305 e. The zero-order chi connectivity index (χ0) is 14.8. The van der Waals surface area contributed by atoms with Gasteiger partial charge in [0.05, 0.1) is 29.3 Å². The third-order valence-electron chi connectivity index (χ3n) is 3.46. The molecule has 0 spiro atoms. The summed E-state index contributed by atoms with van der Waals surface area (Å²) in [6.07, 6.45) is 0.459. The minimum atomic E-state index is -3.03. The number of carboxylic acids is 1. The van der Waals surface area contributed by atoms with Gasteiger partial charge < -0.3 is 15.7 Å². The predicted octanol–water partition coefficient (Wildman–Crippen LogP) is 0.737. The van der Waals surface area contributed by atoms with Gasteiger partial charge in [0.25, 0.3) is 0 Å². The van der Waals surface area contributed by atoms with Gasteiger partial charge in [0.2, 0.25) is 0 Å². The van der Waals surface area contributed by atoms with Crippen molar-refractivity contribution in [3.63, 3.8) is 0 Å². The van der Waals surface area contributed by atoms with Gasteiger partial charge in [-0.2, -0.15) is 0 Å². The van der Waals surface area contributed by atoms with Gasteiger partial charge in [-0.25, -0.2) is 8.42 Å². The molecule has 1 fully saturated rings. The molecule has 1 unspecified atom stereocenters. The molecule has 1 heterocycles. The topological polar surface area (TPSA) is 101 Å². The number of nitrogen functional groups attached to an aromatic ring is 1. The molecule has 20 heavy (non-hydrogen) atoms. The second kappa shape index (κ2) is 5.70. The lowest BCUT2D eigenvalue weighted by atomic mass is 10.1. The second-order valence-electron chi connectivity index (χ2n) is 4.95. The number of carboxylic acid groups (broad SMARTS) is 1. The number of hydrogen-bond acceptors (Lipinski definition) is 5. The quantitative estimate of drug-likeness (QED) is 0.777. The van der Waals surface area contributed by atoms with E-state index in [1.165, 1.54) is 0 Å². The maximum atomic E-state index is 11.6. The normalized spacial score (nSPS) is 20.7. The van der Waals surface area contributed by atoms with E-state index in [0.717, 1.165) is 0 Å². The summed E-state index contributed by atoms with van der Waals surface area (Å²) in [7, 11) is -3.03. The van der Waals surface area contributed by atoms with Crippen LogP contribution in [-0.2, 0) is 14.6 Å². The molecule has 3 N–H and O–H groups in total. The first-order chi connectivity index (χ1) is 9.39. The second-order valence-corrected chi connectivity index (χ2v) is 7.18. The zero-order valence-electron chi connectivity index (χ0n) is 11.0. The minimum Gasteiger partial charge on any atom is -0.481 e. The van der Waals surface area contributed by atoms with Crippen LogP contribution >= 0.6 is 0 Å². The van der Waals surface area contributed by atoms with E-state index in [9.17, 15) is 13.2 Å². The molecule has 6 nitrogen and oxygen atoms in total. The Morgan fingerprint density at radius 3 is 2.65 bits per heavy atom. The van der Waals surface area contributed by atoms with E-state index >= 15 is 0 Å². The Labute approximate surface area is 118 Å². The zero-order valence-corrected chi connectivity index (χ0v) is 11.8. The lowest BCUT2D eigenvalue weighted by Gasteiger charge is -2.31. The summed E-state index contributed by atoms with van der Waals surface area (Å²) in [5.74, 6) is -0.708. The molecule has 2 rings (SSSR count). The molecule has 0 bridgehead atoms. The fraction of sp³-hybridized carbons (Fsp3) is 0.462. The van der Waals surface area contributed by atoms with Crippen molar-refractivity contribution in [1.82, 2.24) is 0 Å². The van der Waals surface area contributed by atoms with Crippen LogP contribution in [0.4, 0.5) is 11.4 Å². The fourth-order valence-electron chi connectivity index (χ4n) is 2.49. The summed E-state index contributed by atoms with van der Waals surface area (Å²) in [6.45, 7) is 0.254. The average molecular weight is 298 g/mol. The Bertz CT molecular complexity index is 600. The van der Waals surface area contributed by atoms with E-state index in [1.54, 1.807) is 18.2 Å². The summed E-state index contributed by atoms with van der Waals surface area (Å²) in [5.41, 5.74) is 7.16. The first kappa shape index (κ1) is 14.6. The Hall–Kier alpha value is -1.76. The summed E-state index contributed by atoms with van der Waals surface area (Å²) in [4.78, 5) is 12.6. The number of rotatable bonds is 5. The van der Waals surface area contributed by atoms with Crippen LogP contribution in [0.25, 0.3) is 0 Å². The lowest BCUT2D eigenvalue weighted by molar-refractivity contribution is -0.136. The van der Waals surface area contributed by atoms with Crippen molar-refractivity contribution in [2.45, 2.75) is 18.9 Å². The van der Waals surface area contributed by atoms with Crippen molar-refractivity contribution >= 4 is 27.2 Å². The van der Waals surface area contributed by atoms with Crippen LogP contribution in [0.1, 0.15) is 12.8 Å². The summed E-state index contributed by atoms with van der Waals surface area (Å²) in [6, 6.07) is 6.92. The van der Waals surface area contributed by atoms with Gasteiger partial charge in [-0.1, -0.05) is 12.1 Å². The number of sulfone groups is 1. The molecule has 1 saturated heterocycles. The van der Waals surface area contributed by atoms with Crippen LogP contribution in [0.2, 0.25) is 0 Å². The number of para-hydroxylation sites is 2. The number of hydrogen-bond donors (Lipinski definition) is 2. The van der Waals surface area contributed by atoms with Crippen LogP contribution in [0, 0.1) is 0 Å². The van der Waals surface area contributed by atoms with Crippen molar-refractivity contribution in [2.75, 3.05) is 28.7 Å². The number of carbonyl (C=O) groups is 1. The highest BCUT2D eigenvalue weighted by Gasteiger charge is 2.33. The highest BCUT2D eigenvalue weighted by Crippen LogP contribution is 2.29. The highest BCUT2D eigenvalue weighted by molar-refractivity contribution is 7.91. The van der Waals surface area contributed by atoms with Crippen molar-refractivity contribution in [2.24, 2.45) is 0 Å². The predicted molar refractivity (Wildman–Crippen MR) is 77.5 cm³/mol. The van der Waals surface area contributed by atoms with Crippen molar-refractivity contribution < 1.29 is 18.3 Å². The molecule has 1 atom stereocenters. The van der Waals surface area contributed by atoms with Gasteiger partial charge in [0.15, 0.2) is 9.84 Å². The third kappa shape index (κ3) is 3.41. The summed E-state index contributed by atoms with van der Waals surface area (Å²) in [5, 5.41) is 8.85. The van der Waals surface area contributed by atoms with Crippen LogP contribution in [0.5, 0.6) is 0 Å². The molecule has 0 amide bonds. The molecule has 1 aliphatic rings. The maximum absolute atomic E-state index is 11.6. The van der Waals surface area contributed by atoms with Gasteiger partial charge in [0.1, 0.15) is 0 Å². The van der Waals surface area contributed by atoms with Gasteiger partial charge >= 0.3 is 5.97 Å². The maximum Gasteiger partial charge on any atom is 0.305 e. The summed E-state index contributed by atoms with van der Waals surface area (Å²) < 4.78 is 23.3. The summed E-state index contributed by atoms with van der Waals surface area (Å²) >= 11 is 0. The Kier molecular flexibility index (Phi) is 4.17. The third-order valence-corrected chi connectivity index (χ3v) is 5.21. The van der Waals surface area contributed by atoms with Gasteiger partial charge in [-0.3, -0.25) is 4.79 Å². The molecule has 110 valence electrons. The first-order valence-corrected chi connectivity index (χ1v) is 8.24. The minimum absolute atomic E-state index is 0.0507. The molecule has 0 aliphatic carbocycles. The van der Waals surface area contributed by atoms with Crippen LogP contribution in [0.3, 0.4) is 0 Å². The van der Waals surface area contributed by atoms with E-state index < -0.39 is 15.8 Å². The number of benzene rings is 1. The van der Waals surface area contributed by atoms with E-state index in [-0.39, 0.29) is 30.5 Å². The molecule has 0 radical (unpaired) electrons. The van der Waals surface area contributed by atoms with Crippen molar-refractivity contribution in [3.05, 3.63) is 24.3 Å². The molecule has 1 aromatic carbocycles. The van der Waals surface area contributed by atoms with E-state index in [4.69, 9.17) is 10.8 Å². The van der Waals surface area contributed by atoms with E-state index in [1.807, 2.05) is 11.0 Å². The Morgan fingerprint density at radius 2 is 2.10 bits per heavy atom. The molecule has 0 aromatic heterocycles. The van der Waals surface area contributed by atoms with Crippen molar-refractivity contribution in [3.8, 4) is 0 Å². The average Bonchev–Trinajstić information content (AvgIpc) is 2.72. The van der Waals surface area contributed by atoms with Gasteiger partial charge in [-0.15, -0.1) is 0 Å². The molecule has 1 aliphatic heterocycles. The number of anilines is 2. The molecule has 0 saturated carbocycles. The first-order valence-electron chi connectivity index (χ1n) is 6.42. The lowest BCUT2D eigenvalue weighted by Crippen LogP contribution is -2.38. The molecular weight excluding hydrogens is 280 g/mol. The fourth-order valence-corrected chi connectivity index (χ4v) is 4.22. The van der Waals surface area contributed by atoms with Gasteiger partial charge in [0, 0.05) is 12.6 Å². The van der Waals surface area contributed by atoms with Crippen LogP contribution < -0.4 is 10.6 Å². The Balaban J connectivity index is 2.26. The van der Waals surface area contributed by atoms with Crippen LogP contribution in [0.15, 0.2) is 24.3 Å². The SMILES string of the molecule is Nc1ccccc1N(CCC(=O)O)C1CCS(=O)(=O)C1. The molecular formula is C13H18N2O4S. The van der Waals surface area contributed by atoms with Gasteiger partial charge in [-0.05, 0) is 18.6 Å². The van der Waals surface area contributed by atoms with E-state index in [0.29, 0.717) is 17.8 Å². The standard InChI is InChI=1S/C13H18N2O4S/c14-11-3-1-2-4-12(11)15(7-5-13(16)17)10-6-8-20(18,19)9-10/h1-4,10H,5-9,14H2,(H,16,17).